The summed E-state index contributed by atoms with van der Waals surface area (Å²) in [6, 6.07) is 5.03. The second-order valence-corrected chi connectivity index (χ2v) is 8.47. The topological polar surface area (TPSA) is 53.1 Å². The maximum atomic E-state index is 13.4. The van der Waals surface area contributed by atoms with Gasteiger partial charge in [0, 0.05) is 43.4 Å². The number of imide groups is 1. The molecule has 0 spiro atoms. The predicted octanol–water partition coefficient (Wildman–Crippen LogP) is 2.89. The van der Waals surface area contributed by atoms with E-state index in [1.807, 2.05) is 4.90 Å². The van der Waals surface area contributed by atoms with E-state index in [0.717, 1.165) is 32.5 Å². The average Bonchev–Trinajstić information content (AvgIpc) is 3.31. The zero-order chi connectivity index (χ0) is 20.5. The molecule has 0 aliphatic carbocycles. The van der Waals surface area contributed by atoms with Crippen LogP contribution >= 0.6 is 23.2 Å². The second-order valence-electron chi connectivity index (χ2n) is 7.63. The number of carbonyl (C=O) groups excluding carboxylic acids is 2. The second kappa shape index (κ2) is 8.64. The molecule has 3 aliphatic rings. The smallest absolute Gasteiger partial charge is 0.277 e. The van der Waals surface area contributed by atoms with E-state index in [1.54, 1.807) is 18.2 Å². The highest BCUT2D eigenvalue weighted by Gasteiger charge is 2.43. The summed E-state index contributed by atoms with van der Waals surface area (Å²) in [5.74, 6) is -0.556. The maximum Gasteiger partial charge on any atom is 0.277 e. The van der Waals surface area contributed by atoms with Crippen LogP contribution in [0.25, 0.3) is 5.57 Å². The minimum Gasteiger partial charge on any atom is -0.376 e. The van der Waals surface area contributed by atoms with E-state index in [4.69, 9.17) is 27.9 Å². The molecule has 2 saturated heterocycles. The number of hydrogen-bond donors (Lipinski definition) is 0. The third kappa shape index (κ3) is 4.04. The molecule has 0 N–H and O–H groups in total. The molecule has 6 nitrogen and oxygen atoms in total. The van der Waals surface area contributed by atoms with Crippen LogP contribution in [0, 0.1) is 0 Å². The van der Waals surface area contributed by atoms with Crippen molar-refractivity contribution >= 4 is 40.6 Å². The molecule has 29 heavy (non-hydrogen) atoms. The Balaban J connectivity index is 1.70. The van der Waals surface area contributed by atoms with Gasteiger partial charge in [0.25, 0.3) is 11.8 Å². The minimum absolute atomic E-state index is 0.0962. The van der Waals surface area contributed by atoms with Gasteiger partial charge >= 0.3 is 0 Å². The largest absolute Gasteiger partial charge is 0.376 e. The number of piperazine rings is 1. The number of hydrogen-bond acceptors (Lipinski definition) is 5. The van der Waals surface area contributed by atoms with E-state index in [2.05, 4.69) is 11.8 Å². The van der Waals surface area contributed by atoms with E-state index >= 15 is 0 Å². The lowest BCUT2D eigenvalue weighted by atomic mass is 10.0. The summed E-state index contributed by atoms with van der Waals surface area (Å²) < 4.78 is 5.67. The van der Waals surface area contributed by atoms with E-state index in [0.29, 0.717) is 46.6 Å². The summed E-state index contributed by atoms with van der Waals surface area (Å²) in [5.41, 5.74) is 1.38. The van der Waals surface area contributed by atoms with Gasteiger partial charge in [-0.25, -0.2) is 0 Å². The monoisotopic (exact) mass is 437 g/mol. The third-order valence-electron chi connectivity index (χ3n) is 5.89. The van der Waals surface area contributed by atoms with E-state index in [1.165, 1.54) is 4.90 Å². The van der Waals surface area contributed by atoms with Crippen LogP contribution in [0.1, 0.15) is 25.3 Å². The Morgan fingerprint density at radius 1 is 1.10 bits per heavy atom. The lowest BCUT2D eigenvalue weighted by molar-refractivity contribution is -0.139. The van der Waals surface area contributed by atoms with Crippen LogP contribution in [0.15, 0.2) is 23.9 Å². The third-order valence-corrected chi connectivity index (χ3v) is 6.44. The first-order valence-corrected chi connectivity index (χ1v) is 10.9. The zero-order valence-electron chi connectivity index (χ0n) is 16.5. The molecule has 156 valence electrons. The van der Waals surface area contributed by atoms with Gasteiger partial charge < -0.3 is 14.5 Å². The number of rotatable bonds is 5. The Hall–Kier alpha value is -1.60. The SMILES string of the molecule is CCN1CCN(C2=C(c3ccc(Cl)cc3Cl)C(=O)N(CC3CCCO3)C2=O)CC1. The van der Waals surface area contributed by atoms with Crippen LogP contribution < -0.4 is 0 Å². The van der Waals surface area contributed by atoms with Crippen molar-refractivity contribution < 1.29 is 14.3 Å². The Morgan fingerprint density at radius 2 is 1.86 bits per heavy atom. The molecular weight excluding hydrogens is 413 g/mol. The maximum absolute atomic E-state index is 13.4. The summed E-state index contributed by atoms with van der Waals surface area (Å²) in [6.07, 6.45) is 1.72. The van der Waals surface area contributed by atoms with Crippen LogP contribution in [-0.2, 0) is 14.3 Å². The summed E-state index contributed by atoms with van der Waals surface area (Å²) in [5, 5.41) is 0.864. The van der Waals surface area contributed by atoms with Crippen LogP contribution in [-0.4, -0.2) is 78.5 Å². The normalized spacial score (nSPS) is 23.6. The summed E-state index contributed by atoms with van der Waals surface area (Å²) >= 11 is 12.5. The van der Waals surface area contributed by atoms with Gasteiger partial charge in [0.1, 0.15) is 5.70 Å². The molecule has 2 fully saturated rings. The molecule has 1 atom stereocenters. The van der Waals surface area contributed by atoms with Gasteiger partial charge in [-0.1, -0.05) is 36.2 Å². The van der Waals surface area contributed by atoms with Gasteiger partial charge in [-0.05, 0) is 31.5 Å². The molecular formula is C21H25Cl2N3O3. The fourth-order valence-corrected chi connectivity index (χ4v) is 4.74. The highest BCUT2D eigenvalue weighted by molar-refractivity contribution is 6.41. The molecule has 1 aromatic carbocycles. The van der Waals surface area contributed by atoms with Gasteiger partial charge in [0.05, 0.1) is 23.2 Å². The van der Waals surface area contributed by atoms with Crippen LogP contribution in [0.4, 0.5) is 0 Å². The molecule has 1 unspecified atom stereocenters. The summed E-state index contributed by atoms with van der Waals surface area (Å²) in [6.45, 7) is 7.17. The van der Waals surface area contributed by atoms with E-state index in [-0.39, 0.29) is 24.5 Å². The van der Waals surface area contributed by atoms with Crippen molar-refractivity contribution in [2.24, 2.45) is 0 Å². The van der Waals surface area contributed by atoms with Crippen molar-refractivity contribution in [1.82, 2.24) is 14.7 Å². The van der Waals surface area contributed by atoms with Gasteiger partial charge in [-0.15, -0.1) is 0 Å². The predicted molar refractivity (Wildman–Crippen MR) is 113 cm³/mol. The number of nitrogens with zero attached hydrogens (tertiary/aromatic N) is 3. The molecule has 1 aromatic rings. The highest BCUT2D eigenvalue weighted by atomic mass is 35.5. The minimum atomic E-state index is -0.303. The average molecular weight is 438 g/mol. The molecule has 4 rings (SSSR count). The molecule has 0 saturated carbocycles. The van der Waals surface area contributed by atoms with E-state index < -0.39 is 0 Å². The van der Waals surface area contributed by atoms with Crippen molar-refractivity contribution in [3.05, 3.63) is 39.5 Å². The quantitative estimate of drug-likeness (QED) is 0.662. The Labute approximate surface area is 181 Å². The molecule has 0 bridgehead atoms. The van der Waals surface area contributed by atoms with E-state index in [9.17, 15) is 9.59 Å². The summed E-state index contributed by atoms with van der Waals surface area (Å²) in [7, 11) is 0. The standard InChI is InChI=1S/C21H25Cl2N3O3/c1-2-24-7-9-25(10-8-24)19-18(16-6-5-14(22)12-17(16)23)20(27)26(21(19)28)13-15-4-3-11-29-15/h5-6,12,15H,2-4,7-11,13H2,1H3. The molecule has 3 heterocycles. The van der Waals surface area contributed by atoms with Gasteiger partial charge in [-0.3, -0.25) is 14.5 Å². The van der Waals surface area contributed by atoms with Crippen LogP contribution in [0.2, 0.25) is 10.0 Å². The number of likely N-dealkylation sites (N-methyl/N-ethyl adjacent to an activating group) is 1. The Kier molecular flexibility index (Phi) is 6.16. The van der Waals surface area contributed by atoms with Crippen molar-refractivity contribution in [1.29, 1.82) is 0 Å². The van der Waals surface area contributed by atoms with Crippen molar-refractivity contribution in [3.63, 3.8) is 0 Å². The first kappa shape index (κ1) is 20.7. The summed E-state index contributed by atoms with van der Waals surface area (Å²) in [4.78, 5) is 32.5. The molecule has 0 radical (unpaired) electrons. The van der Waals surface area contributed by atoms with Crippen molar-refractivity contribution in [3.8, 4) is 0 Å². The number of ether oxygens (including phenoxy) is 1. The van der Waals surface area contributed by atoms with Gasteiger partial charge in [0.2, 0.25) is 0 Å². The number of halogens is 2. The Bertz CT molecular complexity index is 844. The van der Waals surface area contributed by atoms with Gasteiger partial charge in [-0.2, -0.15) is 0 Å². The number of benzene rings is 1. The first-order valence-electron chi connectivity index (χ1n) is 10.1. The lowest BCUT2D eigenvalue weighted by Crippen LogP contribution is -2.47. The lowest BCUT2D eigenvalue weighted by Gasteiger charge is -2.36. The highest BCUT2D eigenvalue weighted by Crippen LogP contribution is 2.37. The van der Waals surface area contributed by atoms with Crippen molar-refractivity contribution in [2.75, 3.05) is 45.9 Å². The van der Waals surface area contributed by atoms with Crippen molar-refractivity contribution in [2.45, 2.75) is 25.9 Å². The fourth-order valence-electron chi connectivity index (χ4n) is 4.24. The van der Waals surface area contributed by atoms with Gasteiger partial charge in [0.15, 0.2) is 0 Å². The molecule has 8 heteroatoms. The number of amides is 2. The molecule has 3 aliphatic heterocycles. The fraction of sp³-hybridized carbons (Fsp3) is 0.524. The molecule has 0 aromatic heterocycles. The van der Waals surface area contributed by atoms with Crippen LogP contribution in [0.5, 0.6) is 0 Å². The Morgan fingerprint density at radius 3 is 2.48 bits per heavy atom. The first-order chi connectivity index (χ1) is 14.0. The van der Waals surface area contributed by atoms with Crippen LogP contribution in [0.3, 0.4) is 0 Å². The zero-order valence-corrected chi connectivity index (χ0v) is 18.0. The molecule has 2 amide bonds. The number of carbonyl (C=O) groups is 2.